The Morgan fingerprint density at radius 1 is 1.13 bits per heavy atom. The smallest absolute Gasteiger partial charge is 0.319 e. The van der Waals surface area contributed by atoms with Gasteiger partial charge in [-0.2, -0.15) is 0 Å². The lowest BCUT2D eigenvalue weighted by molar-refractivity contribution is 0.239. The van der Waals surface area contributed by atoms with Crippen molar-refractivity contribution in [2.45, 2.75) is 38.6 Å². The monoisotopic (exact) mass is 313 g/mol. The quantitative estimate of drug-likeness (QED) is 0.894. The Kier molecular flexibility index (Phi) is 4.37. The van der Waals surface area contributed by atoms with E-state index in [0.29, 0.717) is 11.1 Å². The first-order valence-electron chi connectivity index (χ1n) is 8.20. The molecule has 0 atom stereocenters. The number of rotatable bonds is 2. The van der Waals surface area contributed by atoms with Crippen molar-refractivity contribution in [1.29, 1.82) is 0 Å². The summed E-state index contributed by atoms with van der Waals surface area (Å²) >= 11 is 0. The molecule has 1 saturated carbocycles. The fourth-order valence-electron chi connectivity index (χ4n) is 3.26. The fraction of sp³-hybridized carbons (Fsp3) is 0.444. The van der Waals surface area contributed by atoms with E-state index < -0.39 is 0 Å². The molecule has 23 heavy (non-hydrogen) atoms. The zero-order chi connectivity index (χ0) is 16.4. The molecule has 5 nitrogen and oxygen atoms in total. The summed E-state index contributed by atoms with van der Waals surface area (Å²) in [6.07, 6.45) is 6.06. The third-order valence-corrected chi connectivity index (χ3v) is 4.69. The molecule has 2 aromatic rings. The predicted octanol–water partition coefficient (Wildman–Crippen LogP) is 3.24. The highest BCUT2D eigenvalue weighted by Gasteiger charge is 2.20. The highest BCUT2D eigenvalue weighted by molar-refractivity contribution is 6.00. The number of amides is 2. The molecule has 0 saturated heterocycles. The minimum atomic E-state index is -0.201. The number of carbonyl (C=O) groups excluding carboxylic acids is 1. The number of aromatic nitrogens is 1. The van der Waals surface area contributed by atoms with Gasteiger partial charge in [0.25, 0.3) is 5.56 Å². The van der Waals surface area contributed by atoms with Crippen LogP contribution in [-0.4, -0.2) is 16.6 Å². The Morgan fingerprint density at radius 3 is 2.48 bits per heavy atom. The number of benzene rings is 1. The minimum absolute atomic E-state index is 0.0622. The van der Waals surface area contributed by atoms with Gasteiger partial charge in [-0.1, -0.05) is 25.1 Å². The number of nitrogens with zero attached hydrogens (tertiary/aromatic N) is 1. The number of nitrogens with one attached hydrogen (secondary N) is 2. The van der Waals surface area contributed by atoms with Gasteiger partial charge in [0.2, 0.25) is 0 Å². The van der Waals surface area contributed by atoms with Gasteiger partial charge in [0.1, 0.15) is 0 Å². The summed E-state index contributed by atoms with van der Waals surface area (Å²) in [6.45, 7) is 2.26. The Balaban J connectivity index is 1.77. The fourth-order valence-corrected chi connectivity index (χ4v) is 3.26. The SMILES string of the molecule is CC1CCC(NC(=O)Nc2cn(C)c(=O)c3ccccc23)CC1. The number of pyridine rings is 1. The molecular formula is C18H23N3O2. The third-order valence-electron chi connectivity index (χ3n) is 4.69. The standard InChI is InChI=1S/C18H23N3O2/c1-12-7-9-13(10-8-12)19-18(23)20-16-11-21(2)17(22)15-6-4-3-5-14(15)16/h3-6,11-13H,7-10H2,1-2H3,(H2,19,20,23). The molecule has 3 rings (SSSR count). The van der Waals surface area contributed by atoms with Gasteiger partial charge < -0.3 is 15.2 Å². The molecule has 0 radical (unpaired) electrons. The van der Waals surface area contributed by atoms with E-state index in [0.717, 1.165) is 37.0 Å². The van der Waals surface area contributed by atoms with Crippen molar-refractivity contribution in [3.05, 3.63) is 40.8 Å². The van der Waals surface area contributed by atoms with Gasteiger partial charge in [-0.25, -0.2) is 4.79 Å². The van der Waals surface area contributed by atoms with Crippen LogP contribution >= 0.6 is 0 Å². The molecule has 1 aliphatic carbocycles. The van der Waals surface area contributed by atoms with E-state index in [9.17, 15) is 9.59 Å². The first-order chi connectivity index (χ1) is 11.0. The topological polar surface area (TPSA) is 63.1 Å². The van der Waals surface area contributed by atoms with Crippen molar-refractivity contribution < 1.29 is 4.79 Å². The van der Waals surface area contributed by atoms with Gasteiger partial charge >= 0.3 is 6.03 Å². The number of hydrogen-bond acceptors (Lipinski definition) is 2. The highest BCUT2D eigenvalue weighted by atomic mass is 16.2. The molecule has 0 aliphatic heterocycles. The average molecular weight is 313 g/mol. The normalized spacial score (nSPS) is 21.1. The Hall–Kier alpha value is -2.30. The largest absolute Gasteiger partial charge is 0.335 e. The molecule has 1 aromatic heterocycles. The van der Waals surface area contributed by atoms with E-state index in [1.54, 1.807) is 19.3 Å². The molecule has 1 aliphatic rings. The summed E-state index contributed by atoms with van der Waals surface area (Å²) in [7, 11) is 1.69. The van der Waals surface area contributed by atoms with E-state index >= 15 is 0 Å². The molecule has 0 bridgehead atoms. The van der Waals surface area contributed by atoms with E-state index in [-0.39, 0.29) is 17.6 Å². The molecule has 5 heteroatoms. The lowest BCUT2D eigenvalue weighted by Gasteiger charge is -2.27. The van der Waals surface area contributed by atoms with Crippen LogP contribution in [0.1, 0.15) is 32.6 Å². The molecule has 1 heterocycles. The first-order valence-corrected chi connectivity index (χ1v) is 8.20. The average Bonchev–Trinajstić information content (AvgIpc) is 2.54. The maximum atomic E-state index is 12.3. The van der Waals surface area contributed by atoms with E-state index in [1.807, 2.05) is 18.2 Å². The second-order valence-corrected chi connectivity index (χ2v) is 6.56. The summed E-state index contributed by atoms with van der Waals surface area (Å²) in [4.78, 5) is 24.4. The van der Waals surface area contributed by atoms with Gasteiger partial charge in [0, 0.05) is 30.1 Å². The van der Waals surface area contributed by atoms with Crippen LogP contribution in [0.25, 0.3) is 10.8 Å². The van der Waals surface area contributed by atoms with Gasteiger partial charge in [-0.15, -0.1) is 0 Å². The predicted molar refractivity (Wildman–Crippen MR) is 92.8 cm³/mol. The lowest BCUT2D eigenvalue weighted by Crippen LogP contribution is -2.40. The summed E-state index contributed by atoms with van der Waals surface area (Å²) < 4.78 is 1.50. The van der Waals surface area contributed by atoms with Gasteiger partial charge in [-0.3, -0.25) is 4.79 Å². The van der Waals surface area contributed by atoms with Gasteiger partial charge in [0.15, 0.2) is 0 Å². The van der Waals surface area contributed by atoms with Crippen molar-refractivity contribution in [1.82, 2.24) is 9.88 Å². The van der Waals surface area contributed by atoms with Crippen LogP contribution in [0, 0.1) is 5.92 Å². The molecule has 1 fully saturated rings. The van der Waals surface area contributed by atoms with E-state index in [4.69, 9.17) is 0 Å². The van der Waals surface area contributed by atoms with E-state index in [2.05, 4.69) is 17.6 Å². The van der Waals surface area contributed by atoms with Crippen molar-refractivity contribution >= 4 is 22.5 Å². The van der Waals surface area contributed by atoms with Gasteiger partial charge in [-0.05, 0) is 37.7 Å². The summed E-state index contributed by atoms with van der Waals surface area (Å²) in [5.74, 6) is 0.753. The third kappa shape index (κ3) is 3.38. The van der Waals surface area contributed by atoms with Crippen LogP contribution in [-0.2, 0) is 7.05 Å². The first kappa shape index (κ1) is 15.6. The number of anilines is 1. The van der Waals surface area contributed by atoms with Crippen LogP contribution in [0.4, 0.5) is 10.5 Å². The summed E-state index contributed by atoms with van der Waals surface area (Å²) in [5, 5.41) is 7.33. The lowest BCUT2D eigenvalue weighted by atomic mass is 9.87. The van der Waals surface area contributed by atoms with Gasteiger partial charge in [0.05, 0.1) is 5.69 Å². The number of fused-ring (bicyclic) bond motifs is 1. The van der Waals surface area contributed by atoms with Crippen molar-refractivity contribution in [2.24, 2.45) is 13.0 Å². The Bertz CT molecular complexity index is 773. The van der Waals surface area contributed by atoms with Crippen molar-refractivity contribution in [3.8, 4) is 0 Å². The van der Waals surface area contributed by atoms with Crippen LogP contribution in [0.15, 0.2) is 35.3 Å². The van der Waals surface area contributed by atoms with Crippen LogP contribution in [0.3, 0.4) is 0 Å². The molecule has 2 amide bonds. The van der Waals surface area contributed by atoms with Crippen molar-refractivity contribution in [2.75, 3.05) is 5.32 Å². The summed E-state index contributed by atoms with van der Waals surface area (Å²) in [5.41, 5.74) is 0.595. The minimum Gasteiger partial charge on any atom is -0.335 e. The Labute approximate surface area is 135 Å². The number of urea groups is 1. The molecule has 0 unspecified atom stereocenters. The molecular weight excluding hydrogens is 290 g/mol. The second-order valence-electron chi connectivity index (χ2n) is 6.56. The Morgan fingerprint density at radius 2 is 1.78 bits per heavy atom. The zero-order valence-corrected chi connectivity index (χ0v) is 13.6. The van der Waals surface area contributed by atoms with Crippen LogP contribution < -0.4 is 16.2 Å². The van der Waals surface area contributed by atoms with Crippen molar-refractivity contribution in [3.63, 3.8) is 0 Å². The maximum absolute atomic E-state index is 12.3. The van der Waals surface area contributed by atoms with Crippen LogP contribution in [0.2, 0.25) is 0 Å². The summed E-state index contributed by atoms with van der Waals surface area (Å²) in [6, 6.07) is 7.38. The molecule has 2 N–H and O–H groups in total. The zero-order valence-electron chi connectivity index (χ0n) is 13.6. The van der Waals surface area contributed by atoms with E-state index in [1.165, 1.54) is 4.57 Å². The highest BCUT2D eigenvalue weighted by Crippen LogP contribution is 2.24. The molecule has 122 valence electrons. The number of hydrogen-bond donors (Lipinski definition) is 2. The number of carbonyl (C=O) groups is 1. The number of aryl methyl sites for hydroxylation is 1. The van der Waals surface area contributed by atoms with Crippen LogP contribution in [0.5, 0.6) is 0 Å². The molecule has 1 aromatic carbocycles. The second kappa shape index (κ2) is 6.44. The molecule has 0 spiro atoms. The maximum Gasteiger partial charge on any atom is 0.319 e.